The Morgan fingerprint density at radius 1 is 0.957 bits per heavy atom. The lowest BCUT2D eigenvalue weighted by molar-refractivity contribution is -0.114. The van der Waals surface area contributed by atoms with Crippen LogP contribution in [0.15, 0.2) is 0 Å². The largest absolute Gasteiger partial charge is 0.402 e. The summed E-state index contributed by atoms with van der Waals surface area (Å²) in [6.07, 6.45) is 4.03. The highest BCUT2D eigenvalue weighted by molar-refractivity contribution is 7.85. The molecular weight excluding hydrogens is 337 g/mol. The normalized spacial score (nSPS) is 14.0. The van der Waals surface area contributed by atoms with Crippen LogP contribution in [0.1, 0.15) is 32.6 Å². The van der Waals surface area contributed by atoms with Crippen molar-refractivity contribution < 1.29 is 16.6 Å². The quantitative estimate of drug-likeness (QED) is 0.278. The van der Waals surface area contributed by atoms with Crippen LogP contribution >= 0.6 is 8.81 Å². The summed E-state index contributed by atoms with van der Waals surface area (Å²) in [5.74, 6) is -0.207. The molecule has 1 atom stereocenters. The van der Waals surface area contributed by atoms with E-state index in [0.29, 0.717) is 12.6 Å². The first-order chi connectivity index (χ1) is 10.6. The second-order valence-electron chi connectivity index (χ2n) is 6.12. The van der Waals surface area contributed by atoms with Crippen molar-refractivity contribution in [2.45, 2.75) is 38.4 Å². The van der Waals surface area contributed by atoms with E-state index in [0.717, 1.165) is 19.3 Å². The zero-order chi connectivity index (χ0) is 18.1. The Hall–Kier alpha value is 0.180. The van der Waals surface area contributed by atoms with Crippen molar-refractivity contribution in [1.29, 1.82) is 0 Å². The van der Waals surface area contributed by atoms with Gasteiger partial charge in [-0.05, 0) is 67.7 Å². The molecule has 0 aliphatic heterocycles. The van der Waals surface area contributed by atoms with Crippen molar-refractivity contribution in [1.82, 2.24) is 14.7 Å². The van der Waals surface area contributed by atoms with Gasteiger partial charge in [-0.2, -0.15) is 8.42 Å². The van der Waals surface area contributed by atoms with Gasteiger partial charge in [-0.15, -0.1) is 0 Å². The summed E-state index contributed by atoms with van der Waals surface area (Å²) in [4.78, 5) is 6.50. The summed E-state index contributed by atoms with van der Waals surface area (Å²) in [6.45, 7) is 2.17. The van der Waals surface area contributed by atoms with E-state index < -0.39 is 10.4 Å². The van der Waals surface area contributed by atoms with Crippen molar-refractivity contribution in [2.24, 2.45) is 0 Å². The molecule has 0 heterocycles. The maximum atomic E-state index is 11.5. The van der Waals surface area contributed by atoms with E-state index in [1.807, 2.05) is 49.2 Å². The Labute approximate surface area is 144 Å². The molecule has 0 N–H and O–H groups in total. The summed E-state index contributed by atoms with van der Waals surface area (Å²) >= 11 is 0. The molecule has 0 rings (SSSR count). The maximum absolute atomic E-state index is 11.5. The second-order valence-corrected chi connectivity index (χ2v) is 8.63. The molecule has 23 heavy (non-hydrogen) atoms. The van der Waals surface area contributed by atoms with Gasteiger partial charge in [-0.25, -0.2) is 8.15 Å². The van der Waals surface area contributed by atoms with Crippen molar-refractivity contribution in [3.05, 3.63) is 0 Å². The Kier molecular flexibility index (Phi) is 11.0. The number of hydrogen-bond donors (Lipinski definition) is 0. The predicted molar refractivity (Wildman–Crippen MR) is 97.1 cm³/mol. The van der Waals surface area contributed by atoms with Crippen molar-refractivity contribution in [3.8, 4) is 0 Å². The Morgan fingerprint density at radius 3 is 1.91 bits per heavy atom. The smallest absolute Gasteiger partial charge is 0.279 e. The number of nitrogens with zero attached hydrogens (tertiary/aromatic N) is 3. The minimum absolute atomic E-state index is 0.106. The molecule has 0 fully saturated rings. The fourth-order valence-electron chi connectivity index (χ4n) is 2.71. The van der Waals surface area contributed by atoms with Crippen LogP contribution in [0.2, 0.25) is 0 Å². The van der Waals surface area contributed by atoms with Crippen LogP contribution in [0, 0.1) is 0 Å². The highest BCUT2D eigenvalue weighted by atomic mass is 32.3. The Balaban J connectivity index is 4.32. The number of hydrogen-bond acceptors (Lipinski definition) is 7. The number of unbranched alkanes of at least 4 members (excludes halogenated alkanes) is 1. The molecule has 0 aromatic rings. The molecule has 0 saturated carbocycles. The third-order valence-corrected chi connectivity index (χ3v) is 6.13. The average Bonchev–Trinajstić information content (AvgIpc) is 2.41. The van der Waals surface area contributed by atoms with Gasteiger partial charge in [0.15, 0.2) is 0 Å². The molecule has 0 saturated heterocycles. The summed E-state index contributed by atoms with van der Waals surface area (Å²) in [5, 5.41) is 0. The Morgan fingerprint density at radius 2 is 1.48 bits per heavy atom. The van der Waals surface area contributed by atoms with E-state index in [1.54, 1.807) is 0 Å². The van der Waals surface area contributed by atoms with E-state index in [9.17, 15) is 8.42 Å². The standard InChI is InChI=1S/C14H34N3O4PS/c1-8-9-12-20-23(18,19)21-22-13-10-11-14(15(2)3,16(4)5)17(6)7/h22H,8-13H2,1-7H3. The lowest BCUT2D eigenvalue weighted by Gasteiger charge is -2.50. The van der Waals surface area contributed by atoms with Gasteiger partial charge >= 0.3 is 10.4 Å². The second kappa shape index (κ2) is 10.9. The van der Waals surface area contributed by atoms with Crippen LogP contribution in [0.4, 0.5) is 0 Å². The van der Waals surface area contributed by atoms with Gasteiger partial charge in [-0.1, -0.05) is 13.3 Å². The van der Waals surface area contributed by atoms with Crippen molar-refractivity contribution >= 4 is 19.2 Å². The summed E-state index contributed by atoms with van der Waals surface area (Å²) in [6, 6.07) is 0. The third-order valence-electron chi connectivity index (χ3n) is 3.83. The van der Waals surface area contributed by atoms with E-state index >= 15 is 0 Å². The summed E-state index contributed by atoms with van der Waals surface area (Å²) in [5.41, 5.74) is 0. The lowest BCUT2D eigenvalue weighted by Crippen LogP contribution is -2.64. The minimum Gasteiger partial charge on any atom is -0.279 e. The van der Waals surface area contributed by atoms with Gasteiger partial charge in [0.25, 0.3) is 0 Å². The highest BCUT2D eigenvalue weighted by Gasteiger charge is 2.36. The van der Waals surface area contributed by atoms with Crippen LogP contribution in [-0.2, 0) is 18.6 Å². The lowest BCUT2D eigenvalue weighted by atomic mass is 10.1. The molecule has 0 spiro atoms. The van der Waals surface area contributed by atoms with Crippen LogP contribution in [0.3, 0.4) is 0 Å². The van der Waals surface area contributed by atoms with Crippen LogP contribution < -0.4 is 0 Å². The van der Waals surface area contributed by atoms with Crippen LogP contribution in [0.25, 0.3) is 0 Å². The first-order valence-corrected chi connectivity index (χ1v) is 10.4. The molecule has 0 radical (unpaired) electrons. The maximum Gasteiger partial charge on any atom is 0.402 e. The Bertz CT molecular complexity index is 394. The molecule has 0 bridgehead atoms. The topological polar surface area (TPSA) is 62.3 Å². The molecule has 0 aliphatic rings. The SMILES string of the molecule is CCCCOS(=O)(=O)OPCCCC(N(C)C)(N(C)C)N(C)C. The van der Waals surface area contributed by atoms with E-state index in [-0.39, 0.29) is 21.2 Å². The molecule has 0 amide bonds. The fraction of sp³-hybridized carbons (Fsp3) is 1.00. The molecule has 0 aliphatic carbocycles. The van der Waals surface area contributed by atoms with E-state index in [1.165, 1.54) is 0 Å². The molecule has 140 valence electrons. The average molecular weight is 371 g/mol. The first-order valence-electron chi connectivity index (χ1n) is 7.93. The molecule has 0 aromatic carbocycles. The van der Waals surface area contributed by atoms with Crippen LogP contribution in [0.5, 0.6) is 0 Å². The van der Waals surface area contributed by atoms with Crippen molar-refractivity contribution in [2.75, 3.05) is 55.1 Å². The van der Waals surface area contributed by atoms with Gasteiger partial charge < -0.3 is 0 Å². The third kappa shape index (κ3) is 7.73. The number of rotatable bonds is 13. The molecule has 7 nitrogen and oxygen atoms in total. The van der Waals surface area contributed by atoms with Gasteiger partial charge in [0.1, 0.15) is 5.79 Å². The van der Waals surface area contributed by atoms with Gasteiger partial charge in [-0.3, -0.25) is 14.7 Å². The molecule has 0 aromatic heterocycles. The molecule has 1 unspecified atom stereocenters. The zero-order valence-electron chi connectivity index (χ0n) is 15.6. The predicted octanol–water partition coefficient (Wildman–Crippen LogP) is 1.78. The van der Waals surface area contributed by atoms with Gasteiger partial charge in [0.05, 0.1) is 6.61 Å². The first kappa shape index (κ1) is 23.2. The highest BCUT2D eigenvalue weighted by Crippen LogP contribution is 2.27. The van der Waals surface area contributed by atoms with Gasteiger partial charge in [0, 0.05) is 8.81 Å². The summed E-state index contributed by atoms with van der Waals surface area (Å²) in [7, 11) is 8.33. The van der Waals surface area contributed by atoms with E-state index in [2.05, 4.69) is 14.7 Å². The minimum atomic E-state index is -3.84. The zero-order valence-corrected chi connectivity index (χ0v) is 17.4. The van der Waals surface area contributed by atoms with Crippen molar-refractivity contribution in [3.63, 3.8) is 0 Å². The summed E-state index contributed by atoms with van der Waals surface area (Å²) < 4.78 is 32.7. The molecule has 9 heteroatoms. The van der Waals surface area contributed by atoms with Crippen LogP contribution in [-0.4, -0.2) is 84.0 Å². The van der Waals surface area contributed by atoms with Gasteiger partial charge in [0.2, 0.25) is 0 Å². The fourth-order valence-corrected chi connectivity index (χ4v) is 4.46. The molecular formula is C14H34N3O4PS. The monoisotopic (exact) mass is 371 g/mol. The van der Waals surface area contributed by atoms with E-state index in [4.69, 9.17) is 8.15 Å².